The van der Waals surface area contributed by atoms with Crippen LogP contribution >= 0.6 is 0 Å². The minimum Gasteiger partial charge on any atom is -0.496 e. The smallest absolute Gasteiger partial charge is 0.252 e. The van der Waals surface area contributed by atoms with E-state index in [0.29, 0.717) is 29.3 Å². The number of carbonyl (C=O) groups is 2. The highest BCUT2D eigenvalue weighted by Crippen LogP contribution is 2.31. The Labute approximate surface area is 253 Å². The molecule has 10 nitrogen and oxygen atoms in total. The maximum Gasteiger partial charge on any atom is 0.252 e. The second-order valence-electron chi connectivity index (χ2n) is 10.4. The molecule has 0 spiro atoms. The molecule has 0 saturated heterocycles. The highest BCUT2D eigenvalue weighted by Gasteiger charge is 2.24. The minimum atomic E-state index is -0.395. The highest BCUT2D eigenvalue weighted by molar-refractivity contribution is 6.05. The van der Waals surface area contributed by atoms with E-state index in [0.717, 1.165) is 36.8 Å². The predicted octanol–water partition coefficient (Wildman–Crippen LogP) is 3.90. The molecule has 0 heterocycles. The number of hydrogen-bond donors (Lipinski definition) is 5. The highest BCUT2D eigenvalue weighted by atomic mass is 16.5. The van der Waals surface area contributed by atoms with E-state index >= 15 is 0 Å². The van der Waals surface area contributed by atoms with Gasteiger partial charge < -0.3 is 37.4 Å². The Morgan fingerprint density at radius 1 is 0.884 bits per heavy atom. The van der Waals surface area contributed by atoms with Crippen molar-refractivity contribution in [1.82, 2.24) is 5.32 Å². The van der Waals surface area contributed by atoms with Crippen molar-refractivity contribution >= 4 is 23.4 Å². The van der Waals surface area contributed by atoms with Crippen molar-refractivity contribution in [2.24, 2.45) is 34.0 Å². The molecular weight excluding hydrogens is 544 g/mol. The van der Waals surface area contributed by atoms with E-state index in [9.17, 15) is 9.59 Å². The molecule has 1 aliphatic carbocycles. The molecule has 228 valence electrons. The van der Waals surface area contributed by atoms with E-state index in [2.05, 4.69) is 10.3 Å². The van der Waals surface area contributed by atoms with Gasteiger partial charge in [-0.3, -0.25) is 9.59 Å². The zero-order valence-electron chi connectivity index (χ0n) is 24.8. The van der Waals surface area contributed by atoms with Crippen molar-refractivity contribution in [2.75, 3.05) is 14.2 Å². The fourth-order valence-corrected chi connectivity index (χ4v) is 5.08. The predicted molar refractivity (Wildman–Crippen MR) is 170 cm³/mol. The minimum absolute atomic E-state index is 0.0188. The number of rotatable bonds is 12. The molecule has 8 N–H and O–H groups in total. The largest absolute Gasteiger partial charge is 0.496 e. The van der Waals surface area contributed by atoms with Crippen molar-refractivity contribution in [3.63, 3.8) is 0 Å². The first kappa shape index (κ1) is 32.7. The van der Waals surface area contributed by atoms with Gasteiger partial charge in [0.05, 0.1) is 27.1 Å². The van der Waals surface area contributed by atoms with Gasteiger partial charge in [-0.25, -0.2) is 0 Å². The van der Waals surface area contributed by atoms with Crippen LogP contribution < -0.4 is 32.0 Å². The summed E-state index contributed by atoms with van der Waals surface area (Å²) in [6.45, 7) is 0. The number of nitrogens with two attached hydrogens (primary N) is 3. The molecule has 2 atom stereocenters. The summed E-state index contributed by atoms with van der Waals surface area (Å²) >= 11 is 0. The number of allylic oxidation sites excluding steroid dienone is 4. The van der Waals surface area contributed by atoms with E-state index in [1.807, 2.05) is 30.3 Å². The summed E-state index contributed by atoms with van der Waals surface area (Å²) in [5.74, 6) is 0.877. The van der Waals surface area contributed by atoms with Crippen molar-refractivity contribution in [3.05, 3.63) is 95.5 Å². The summed E-state index contributed by atoms with van der Waals surface area (Å²) in [6, 6.07) is 14.6. The lowest BCUT2D eigenvalue weighted by molar-refractivity contribution is -0.120. The fraction of sp³-hybridized carbons (Fsp3) is 0.333. The summed E-state index contributed by atoms with van der Waals surface area (Å²) in [7, 11) is 3.11. The van der Waals surface area contributed by atoms with Crippen LogP contribution in [-0.2, 0) is 22.4 Å². The molecule has 43 heavy (non-hydrogen) atoms. The first-order valence-electron chi connectivity index (χ1n) is 14.3. The average Bonchev–Trinajstić information content (AvgIpc) is 3.26. The third-order valence-electron chi connectivity index (χ3n) is 7.34. The molecular formula is C33H42N6O4. The lowest BCUT2D eigenvalue weighted by atomic mass is 9.87. The van der Waals surface area contributed by atoms with Crippen LogP contribution in [0.4, 0.5) is 0 Å². The summed E-state index contributed by atoms with van der Waals surface area (Å²) in [6.07, 6.45) is 11.0. The molecule has 2 amide bonds. The van der Waals surface area contributed by atoms with Gasteiger partial charge in [-0.15, -0.1) is 0 Å². The van der Waals surface area contributed by atoms with Gasteiger partial charge in [0.15, 0.2) is 0 Å². The maximum absolute atomic E-state index is 12.5. The number of para-hydroxylation sites is 2. The van der Waals surface area contributed by atoms with Gasteiger partial charge in [0.25, 0.3) is 5.91 Å². The lowest BCUT2D eigenvalue weighted by Gasteiger charge is -2.20. The number of carbonyl (C=O) groups excluding carboxylic acids is 2. The number of benzene rings is 2. The van der Waals surface area contributed by atoms with Crippen LogP contribution in [0, 0.1) is 17.2 Å². The van der Waals surface area contributed by atoms with Crippen LogP contribution in [0.2, 0.25) is 0 Å². The number of methoxy groups -OCH3 is 2. The lowest BCUT2D eigenvalue weighted by Crippen LogP contribution is -2.28. The number of ether oxygens (including phenoxy) is 2. The average molecular weight is 587 g/mol. The molecule has 1 fully saturated rings. The van der Waals surface area contributed by atoms with Gasteiger partial charge >= 0.3 is 0 Å². The van der Waals surface area contributed by atoms with Crippen LogP contribution in [0.5, 0.6) is 11.5 Å². The monoisotopic (exact) mass is 586 g/mol. The third-order valence-corrected chi connectivity index (χ3v) is 7.34. The molecule has 2 aromatic carbocycles. The van der Waals surface area contributed by atoms with E-state index in [4.69, 9.17) is 32.1 Å². The number of aliphatic imine (C=N–C) groups is 1. The SMILES string of the molecule is COc1ccccc1CC(=O)N=C(N)/C=C\C(=N)C1CCCCC(/C(N)=C/C=C(\N)NC(=O)Cc2ccccc2OC)C1. The van der Waals surface area contributed by atoms with Crippen LogP contribution in [0.3, 0.4) is 0 Å². The van der Waals surface area contributed by atoms with Crippen LogP contribution in [-0.4, -0.2) is 37.6 Å². The molecule has 0 bridgehead atoms. The molecule has 2 unspecified atom stereocenters. The first-order valence-corrected chi connectivity index (χ1v) is 14.3. The van der Waals surface area contributed by atoms with Gasteiger partial charge in [-0.05, 0) is 61.6 Å². The van der Waals surface area contributed by atoms with Crippen molar-refractivity contribution in [1.29, 1.82) is 5.41 Å². The van der Waals surface area contributed by atoms with Gasteiger partial charge in [0.2, 0.25) is 5.91 Å². The number of amidine groups is 1. The second-order valence-corrected chi connectivity index (χ2v) is 10.4. The Balaban J connectivity index is 1.56. The van der Waals surface area contributed by atoms with E-state index in [1.54, 1.807) is 50.6 Å². The van der Waals surface area contributed by atoms with Crippen molar-refractivity contribution in [3.8, 4) is 11.5 Å². The van der Waals surface area contributed by atoms with Crippen LogP contribution in [0.15, 0.2) is 89.3 Å². The summed E-state index contributed by atoms with van der Waals surface area (Å²) in [4.78, 5) is 28.8. The molecule has 0 aromatic heterocycles. The Hall–Kier alpha value is -4.86. The fourth-order valence-electron chi connectivity index (χ4n) is 5.08. The molecule has 10 heteroatoms. The molecule has 1 aliphatic rings. The Kier molecular flexibility index (Phi) is 12.6. The van der Waals surface area contributed by atoms with E-state index in [-0.39, 0.29) is 42.2 Å². The van der Waals surface area contributed by atoms with Crippen molar-refractivity contribution < 1.29 is 19.1 Å². The number of nitrogens with one attached hydrogen (secondary N) is 2. The summed E-state index contributed by atoms with van der Waals surface area (Å²) in [5.41, 5.74) is 21.0. The van der Waals surface area contributed by atoms with Gasteiger partial charge in [-0.1, -0.05) is 49.2 Å². The maximum atomic E-state index is 12.5. The summed E-state index contributed by atoms with van der Waals surface area (Å²) in [5, 5.41) is 11.3. The Morgan fingerprint density at radius 2 is 1.47 bits per heavy atom. The second kappa shape index (κ2) is 16.5. The topological polar surface area (TPSA) is 179 Å². The third kappa shape index (κ3) is 10.5. The molecule has 3 rings (SSSR count). The van der Waals surface area contributed by atoms with Crippen LogP contribution in [0.1, 0.15) is 43.2 Å². The van der Waals surface area contributed by atoms with Gasteiger partial charge in [-0.2, -0.15) is 4.99 Å². The first-order chi connectivity index (χ1) is 20.7. The van der Waals surface area contributed by atoms with Crippen molar-refractivity contribution in [2.45, 2.75) is 44.9 Å². The molecule has 2 aromatic rings. The number of amides is 2. The normalized spacial score (nSPS) is 18.1. The molecule has 0 aliphatic heterocycles. The van der Waals surface area contributed by atoms with Crippen LogP contribution in [0.25, 0.3) is 0 Å². The Morgan fingerprint density at radius 3 is 2.09 bits per heavy atom. The number of nitrogens with zero attached hydrogens (tertiary/aromatic N) is 1. The zero-order valence-corrected chi connectivity index (χ0v) is 24.8. The standard InChI is InChI=1S/C33H42N6O4/c1-42-28-13-7-5-11-24(28)20-32(40)38-30(36)17-15-26(34)22-9-3-4-10-23(19-22)27(35)16-18-31(37)39-33(41)21-25-12-6-8-14-29(25)43-2/h5-8,11-18,22-23,34H,3-4,9-10,19-21,35,37H2,1-2H3,(H,39,41)(H2,36,38,40)/b17-15-,27-16-,31-18+,34-26?. The zero-order chi connectivity index (χ0) is 31.2. The quantitative estimate of drug-likeness (QED) is 0.108. The van der Waals surface area contributed by atoms with Gasteiger partial charge in [0, 0.05) is 28.5 Å². The van der Waals surface area contributed by atoms with E-state index in [1.165, 1.54) is 6.08 Å². The van der Waals surface area contributed by atoms with Gasteiger partial charge in [0.1, 0.15) is 23.2 Å². The molecule has 1 saturated carbocycles. The number of hydrogen-bond acceptors (Lipinski definition) is 7. The Bertz CT molecular complexity index is 1410. The summed E-state index contributed by atoms with van der Waals surface area (Å²) < 4.78 is 10.6. The molecule has 0 radical (unpaired) electrons. The van der Waals surface area contributed by atoms with E-state index < -0.39 is 5.91 Å².